The van der Waals surface area contributed by atoms with Gasteiger partial charge in [0, 0.05) is 56.7 Å². The number of esters is 2. The zero-order chi connectivity index (χ0) is 66.6. The minimum atomic E-state index is -0.902. The number of halogens is 1. The van der Waals surface area contributed by atoms with Crippen LogP contribution in [0.4, 0.5) is 5.69 Å². The largest absolute Gasteiger partial charge is 0.481 e. The second-order valence-electron chi connectivity index (χ2n) is 27.7. The molecule has 2 amide bonds. The molecule has 15 nitrogen and oxygen atoms in total. The van der Waals surface area contributed by atoms with Gasteiger partial charge in [-0.2, -0.15) is 0 Å². The third-order valence-corrected chi connectivity index (χ3v) is 15.1. The van der Waals surface area contributed by atoms with Crippen molar-refractivity contribution in [3.8, 4) is 0 Å². The Balaban J connectivity index is 0.000000433. The Morgan fingerprint density at radius 3 is 1.34 bits per heavy atom. The minimum Gasteiger partial charge on any atom is -0.481 e. The van der Waals surface area contributed by atoms with E-state index in [9.17, 15) is 38.4 Å². The molecule has 6 atom stereocenters. The number of benzene rings is 4. The lowest BCUT2D eigenvalue weighted by molar-refractivity contribution is -0.162. The summed E-state index contributed by atoms with van der Waals surface area (Å²) in [4.78, 5) is 104. The fourth-order valence-corrected chi connectivity index (χ4v) is 11.0. The number of amides is 2. The van der Waals surface area contributed by atoms with Crippen molar-refractivity contribution in [2.24, 2.45) is 47.2 Å². The van der Waals surface area contributed by atoms with Crippen molar-refractivity contribution in [1.29, 1.82) is 0 Å². The molecular formula is C74H105ClN4O11. The van der Waals surface area contributed by atoms with Crippen LogP contribution in [0.5, 0.6) is 0 Å². The first-order chi connectivity index (χ1) is 41.7. The van der Waals surface area contributed by atoms with Crippen LogP contribution in [0.25, 0.3) is 4.85 Å². The molecule has 494 valence electrons. The van der Waals surface area contributed by atoms with Gasteiger partial charge >= 0.3 is 24.1 Å². The number of aliphatic carboxylic acids is 1. The molecule has 90 heavy (non-hydrogen) atoms. The van der Waals surface area contributed by atoms with E-state index in [1.54, 1.807) is 4.90 Å². The summed E-state index contributed by atoms with van der Waals surface area (Å²) in [5.41, 5.74) is 8.77. The molecule has 6 rings (SSSR count). The van der Waals surface area contributed by atoms with Crippen molar-refractivity contribution in [3.05, 3.63) is 149 Å². The van der Waals surface area contributed by atoms with Crippen molar-refractivity contribution >= 4 is 65.2 Å². The lowest BCUT2D eigenvalue weighted by Crippen LogP contribution is -2.43. The number of carboxylic acids is 1. The van der Waals surface area contributed by atoms with Crippen LogP contribution >= 0.6 is 12.4 Å². The third-order valence-electron chi connectivity index (χ3n) is 15.1. The number of aryl methyl sites for hydroxylation is 3. The number of Topliss-reactive ketones (excluding diaryl/α,β-unsaturated/α-hetero) is 3. The fraction of sp³-hybridized carbons (Fsp3) is 0.554. The number of carbonyl (C=O) groups excluding carboxylic acids is 7. The van der Waals surface area contributed by atoms with E-state index in [0.29, 0.717) is 75.5 Å². The maximum Gasteiger partial charge on any atom is 0.323 e. The highest BCUT2D eigenvalue weighted by molar-refractivity contribution is 6.07. The molecule has 1 spiro atoms. The van der Waals surface area contributed by atoms with E-state index < -0.39 is 46.6 Å². The van der Waals surface area contributed by atoms with Gasteiger partial charge in [-0.15, -0.1) is 12.4 Å². The number of hydrogen-bond acceptors (Lipinski definition) is 11. The smallest absolute Gasteiger partial charge is 0.323 e. The number of ketones is 3. The normalized spacial score (nSPS) is 16.3. The van der Waals surface area contributed by atoms with Gasteiger partial charge in [0.1, 0.15) is 40.0 Å². The van der Waals surface area contributed by atoms with E-state index >= 15 is 0 Å². The standard InChI is InChI=1S/C28H31N3O3.C20H30O3.C16H22O3.C10H21NO2.ClH/c1-19(2)15-21(16-22(32)14-13-20-9-5-4-6-10-20)26(33)31-18-28(17-25(31)29-3)23-11-7-8-12-24(23)30-27(28)34;1-15(2)13-17(19(22)23-20(3,4)5)14-18(21)12-11-16-9-7-6-8-10-16;1-12(2)10-14(16(18)19)11-15(17)9-8-13-6-4-3-5-7-13;1-7(2)6-8(11)9(12)13-10(3,4)5;/h4-12,19,21,25H,13-18H2,1-2H3,(H,30,34);6-10,15,17H,11-14H2,1-5H3;3-7,12,14H,8-11H2,1-2H3,(H,18,19);7-8H,6,11H2,1-5H3;1H/t21-,25+,28+;17-;14-;8-;/m1110./s1. The lowest BCUT2D eigenvalue weighted by atomic mass is 9.80. The van der Waals surface area contributed by atoms with Gasteiger partial charge in [-0.25, -0.2) is 6.57 Å². The van der Waals surface area contributed by atoms with Crippen LogP contribution in [-0.2, 0) is 72.5 Å². The summed E-state index contributed by atoms with van der Waals surface area (Å²) < 4.78 is 10.6. The van der Waals surface area contributed by atoms with E-state index in [4.69, 9.17) is 26.9 Å². The highest BCUT2D eigenvalue weighted by atomic mass is 35.5. The topological polar surface area (TPSA) is 221 Å². The van der Waals surface area contributed by atoms with Crippen molar-refractivity contribution in [2.45, 2.75) is 216 Å². The average Bonchev–Trinajstić information content (AvgIpc) is 1.86. The van der Waals surface area contributed by atoms with Crippen molar-refractivity contribution in [1.82, 2.24) is 4.90 Å². The molecule has 1 saturated heterocycles. The Kier molecular flexibility index (Phi) is 33.9. The Labute approximate surface area is 544 Å². The number of anilines is 1. The summed E-state index contributed by atoms with van der Waals surface area (Å²) in [7, 11) is 0. The van der Waals surface area contributed by atoms with E-state index in [0.717, 1.165) is 34.4 Å². The maximum absolute atomic E-state index is 13.7. The number of nitrogens with zero attached hydrogens (tertiary/aromatic N) is 2. The first-order valence-electron chi connectivity index (χ1n) is 31.9. The molecule has 0 aliphatic carbocycles. The quantitative estimate of drug-likeness (QED) is 0.0375. The molecule has 2 heterocycles. The zero-order valence-electron chi connectivity index (χ0n) is 56.2. The summed E-state index contributed by atoms with van der Waals surface area (Å²) in [5.74, 6) is -1.59. The van der Waals surface area contributed by atoms with Crippen LogP contribution in [0.2, 0.25) is 0 Å². The van der Waals surface area contributed by atoms with Gasteiger partial charge < -0.3 is 25.6 Å². The third kappa shape index (κ3) is 29.3. The summed E-state index contributed by atoms with van der Waals surface area (Å²) in [6.07, 6.45) is 6.01. The molecule has 4 aromatic carbocycles. The van der Waals surface area contributed by atoms with Crippen LogP contribution in [0.15, 0.2) is 115 Å². The van der Waals surface area contributed by atoms with Crippen LogP contribution in [0.3, 0.4) is 0 Å². The first kappa shape index (κ1) is 79.1. The molecule has 4 N–H and O–H groups in total. The number of ether oxygens (including phenoxy) is 2. The summed E-state index contributed by atoms with van der Waals surface area (Å²) >= 11 is 0. The van der Waals surface area contributed by atoms with Crippen LogP contribution in [0, 0.1) is 48.0 Å². The monoisotopic (exact) mass is 1260 g/mol. The summed E-state index contributed by atoms with van der Waals surface area (Å²) in [6, 6.07) is 36.6. The molecule has 0 saturated carbocycles. The highest BCUT2D eigenvalue weighted by Crippen LogP contribution is 2.47. The van der Waals surface area contributed by atoms with Gasteiger partial charge in [-0.3, -0.25) is 48.1 Å². The Morgan fingerprint density at radius 2 is 0.944 bits per heavy atom. The average molecular weight is 1260 g/mol. The Morgan fingerprint density at radius 1 is 0.578 bits per heavy atom. The highest BCUT2D eigenvalue weighted by Gasteiger charge is 2.59. The number of likely N-dealkylation sites (tertiary alicyclic amines) is 1. The maximum atomic E-state index is 13.7. The van der Waals surface area contributed by atoms with Crippen LogP contribution in [-0.4, -0.2) is 87.0 Å². The molecule has 2 aliphatic heterocycles. The second kappa shape index (κ2) is 38.6. The van der Waals surface area contributed by atoms with Crippen molar-refractivity contribution < 1.29 is 52.9 Å². The number of para-hydroxylation sites is 1. The minimum absolute atomic E-state index is 0. The van der Waals surface area contributed by atoms with Crippen molar-refractivity contribution in [3.63, 3.8) is 0 Å². The molecular weight excluding hydrogens is 1160 g/mol. The van der Waals surface area contributed by atoms with Gasteiger partial charge in [0.05, 0.1) is 18.3 Å². The molecule has 0 aromatic heterocycles. The predicted octanol–water partition coefficient (Wildman–Crippen LogP) is 14.6. The first-order valence-corrected chi connectivity index (χ1v) is 31.9. The van der Waals surface area contributed by atoms with Gasteiger partial charge in [0.25, 0.3) is 0 Å². The number of nitrogens with one attached hydrogen (secondary N) is 1. The molecule has 1 fully saturated rings. The molecule has 0 unspecified atom stereocenters. The molecule has 0 bridgehead atoms. The summed E-state index contributed by atoms with van der Waals surface area (Å²) in [6.45, 7) is 35.2. The second-order valence-corrected chi connectivity index (χ2v) is 27.7. The van der Waals surface area contributed by atoms with Gasteiger partial charge in [0.15, 0.2) is 0 Å². The van der Waals surface area contributed by atoms with Crippen LogP contribution in [0.1, 0.15) is 190 Å². The van der Waals surface area contributed by atoms with Gasteiger partial charge in [0.2, 0.25) is 11.8 Å². The SMILES string of the molecule is CC(C)C[C@H](CC(=O)CCc1ccccc1)C(=O)O.CC(C)C[C@H](CC(=O)CCc1ccccc1)C(=O)OC(C)(C)C.CC(C)C[C@H](N)C(=O)OC(C)(C)C.Cl.[C-]#[N+][C@@H]1C[C@@]2(CN1C(=O)[C@@H](CC(=O)CCc1ccccc1)CC(C)C)C(=O)Nc1ccccc12. The van der Waals surface area contributed by atoms with Gasteiger partial charge in [-0.05, 0) is 138 Å². The van der Waals surface area contributed by atoms with E-state index in [1.165, 1.54) is 0 Å². The number of rotatable bonds is 27. The lowest BCUT2D eigenvalue weighted by Gasteiger charge is -2.26. The Hall–Kier alpha value is -7.02. The molecule has 16 heteroatoms. The van der Waals surface area contributed by atoms with Crippen molar-refractivity contribution in [2.75, 3.05) is 11.9 Å². The van der Waals surface area contributed by atoms with Crippen LogP contribution < -0.4 is 11.1 Å². The number of fused-ring (bicyclic) bond motifs is 2. The van der Waals surface area contributed by atoms with E-state index in [-0.39, 0.29) is 97.6 Å². The number of nitrogens with two attached hydrogens (primary N) is 1. The molecule has 4 aromatic rings. The van der Waals surface area contributed by atoms with E-state index in [1.807, 2.05) is 198 Å². The fourth-order valence-electron chi connectivity index (χ4n) is 11.0. The Bertz CT molecular complexity index is 2930. The molecule has 0 radical (unpaired) electrons. The number of carbonyl (C=O) groups is 8. The predicted molar refractivity (Wildman–Crippen MR) is 359 cm³/mol. The molecule has 2 aliphatic rings. The van der Waals surface area contributed by atoms with E-state index in [2.05, 4.69) is 24.0 Å². The van der Waals surface area contributed by atoms with Gasteiger partial charge in [-0.1, -0.05) is 165 Å². The zero-order valence-corrected chi connectivity index (χ0v) is 57.0. The number of hydrogen-bond donors (Lipinski definition) is 3. The summed E-state index contributed by atoms with van der Waals surface area (Å²) in [5, 5.41) is 12.0. The number of carboxylic acid groups (broad SMARTS) is 1.